The van der Waals surface area contributed by atoms with Crippen LogP contribution in [0.4, 0.5) is 11.6 Å². The van der Waals surface area contributed by atoms with Crippen molar-refractivity contribution in [3.8, 4) is 0 Å². The molecule has 0 amide bonds. The Morgan fingerprint density at radius 1 is 1.26 bits per heavy atom. The topological polar surface area (TPSA) is 75.1 Å². The van der Waals surface area contributed by atoms with Crippen LogP contribution in [-0.2, 0) is 0 Å². The molecule has 23 heavy (non-hydrogen) atoms. The first-order valence-corrected chi connectivity index (χ1v) is 8.34. The highest BCUT2D eigenvalue weighted by molar-refractivity contribution is 9.10. The van der Waals surface area contributed by atoms with Crippen molar-refractivity contribution in [1.82, 2.24) is 10.0 Å². The summed E-state index contributed by atoms with van der Waals surface area (Å²) in [5, 5.41) is 15.2. The molecule has 120 valence electrons. The highest BCUT2D eigenvalue weighted by Crippen LogP contribution is 2.42. The third kappa shape index (κ3) is 3.26. The van der Waals surface area contributed by atoms with Gasteiger partial charge < -0.3 is 4.42 Å². The fraction of sp³-hybridized carbons (Fsp3) is 0.214. The van der Waals surface area contributed by atoms with Gasteiger partial charge in [0.05, 0.1) is 11.8 Å². The average molecular weight is 397 g/mol. The van der Waals surface area contributed by atoms with Gasteiger partial charge in [0.2, 0.25) is 0 Å². The maximum Gasteiger partial charge on any atom is 0.433 e. The van der Waals surface area contributed by atoms with Crippen LogP contribution in [0.5, 0.6) is 0 Å². The fourth-order valence-corrected chi connectivity index (χ4v) is 3.52. The quantitative estimate of drug-likeness (QED) is 0.572. The minimum atomic E-state index is -0.538. The number of furan rings is 1. The molecule has 1 atom stereocenters. The molecule has 2 aromatic rings. The second-order valence-corrected chi connectivity index (χ2v) is 6.83. The number of halogens is 1. The summed E-state index contributed by atoms with van der Waals surface area (Å²) < 4.78 is 6.30. The minimum absolute atomic E-state index is 0.192. The average Bonchev–Trinajstić information content (AvgIpc) is 3.10. The van der Waals surface area contributed by atoms with Crippen molar-refractivity contribution in [2.24, 2.45) is 4.99 Å². The Labute approximate surface area is 145 Å². The molecule has 0 N–H and O–H groups in total. The smallest absolute Gasteiger partial charge is 0.403 e. The van der Waals surface area contributed by atoms with Crippen molar-refractivity contribution in [2.45, 2.75) is 5.37 Å². The largest absolute Gasteiger partial charge is 0.433 e. The molecule has 0 aliphatic carbocycles. The molecule has 2 heterocycles. The van der Waals surface area contributed by atoms with E-state index >= 15 is 0 Å². The number of nitro groups is 1. The van der Waals surface area contributed by atoms with Crippen molar-refractivity contribution in [3.05, 3.63) is 56.7 Å². The van der Waals surface area contributed by atoms with Gasteiger partial charge in [-0.05, 0) is 30.3 Å². The zero-order chi connectivity index (χ0) is 16.6. The number of thioether (sulfide) groups is 1. The summed E-state index contributed by atoms with van der Waals surface area (Å²) in [4.78, 5) is 14.8. The van der Waals surface area contributed by atoms with Crippen LogP contribution in [0.3, 0.4) is 0 Å². The van der Waals surface area contributed by atoms with Crippen LogP contribution in [-0.4, -0.2) is 34.2 Å². The van der Waals surface area contributed by atoms with Gasteiger partial charge in [-0.3, -0.25) is 15.1 Å². The van der Waals surface area contributed by atoms with Gasteiger partial charge >= 0.3 is 5.88 Å². The number of hydrogen-bond acceptors (Lipinski definition) is 6. The molecule has 1 saturated heterocycles. The van der Waals surface area contributed by atoms with Gasteiger partial charge in [-0.15, -0.1) is 0 Å². The number of rotatable bonds is 3. The molecule has 0 saturated carbocycles. The van der Waals surface area contributed by atoms with E-state index in [1.54, 1.807) is 6.07 Å². The van der Waals surface area contributed by atoms with Crippen LogP contribution < -0.4 is 0 Å². The zero-order valence-corrected chi connectivity index (χ0v) is 14.7. The summed E-state index contributed by atoms with van der Waals surface area (Å²) in [5.74, 6) is 0.270. The van der Waals surface area contributed by atoms with Crippen molar-refractivity contribution in [1.29, 1.82) is 0 Å². The van der Waals surface area contributed by atoms with Gasteiger partial charge in [0.1, 0.15) is 16.1 Å². The normalized spacial score (nSPS) is 20.4. The van der Waals surface area contributed by atoms with Crippen LogP contribution in [0.2, 0.25) is 0 Å². The Kier molecular flexibility index (Phi) is 4.42. The number of benzene rings is 1. The third-order valence-corrected chi connectivity index (χ3v) is 5.25. The minimum Gasteiger partial charge on any atom is -0.403 e. The number of hydrazine groups is 1. The van der Waals surface area contributed by atoms with E-state index in [1.165, 1.54) is 17.8 Å². The predicted octanol–water partition coefficient (Wildman–Crippen LogP) is 4.16. The molecule has 7 nitrogen and oxygen atoms in total. The van der Waals surface area contributed by atoms with E-state index in [1.807, 2.05) is 48.4 Å². The lowest BCUT2D eigenvalue weighted by Gasteiger charge is -2.22. The Morgan fingerprint density at radius 3 is 2.57 bits per heavy atom. The first kappa shape index (κ1) is 16.0. The molecular weight excluding hydrogens is 384 g/mol. The number of nitrogens with zero attached hydrogens (tertiary/aromatic N) is 4. The van der Waals surface area contributed by atoms with Crippen LogP contribution in [0.25, 0.3) is 0 Å². The van der Waals surface area contributed by atoms with E-state index in [0.29, 0.717) is 5.76 Å². The lowest BCUT2D eigenvalue weighted by atomic mass is 10.3. The van der Waals surface area contributed by atoms with Crippen LogP contribution in [0.1, 0.15) is 11.1 Å². The van der Waals surface area contributed by atoms with E-state index in [9.17, 15) is 10.1 Å². The molecule has 0 bridgehead atoms. The predicted molar refractivity (Wildman–Crippen MR) is 92.5 cm³/mol. The van der Waals surface area contributed by atoms with Crippen LogP contribution in [0.15, 0.2) is 50.3 Å². The monoisotopic (exact) mass is 396 g/mol. The second kappa shape index (κ2) is 6.34. The van der Waals surface area contributed by atoms with Gasteiger partial charge in [0.25, 0.3) is 0 Å². The second-order valence-electron chi connectivity index (χ2n) is 4.87. The van der Waals surface area contributed by atoms with Crippen molar-refractivity contribution in [2.75, 3.05) is 14.1 Å². The Bertz CT molecular complexity index is 762. The molecule has 9 heteroatoms. The molecule has 1 aliphatic rings. The van der Waals surface area contributed by atoms with E-state index < -0.39 is 4.92 Å². The first-order chi connectivity index (χ1) is 11.0. The molecule has 3 rings (SSSR count). The number of hydrogen-bond donors (Lipinski definition) is 0. The standard InChI is InChI=1S/C14H13BrN4O3S/c1-17-13(11-7-8-12(22-11)19(20)21)23-14(18(17)2)16-10-5-3-9(15)4-6-10/h3-8,13H,1-2H3. The van der Waals surface area contributed by atoms with E-state index in [-0.39, 0.29) is 11.3 Å². The molecule has 1 aliphatic heterocycles. The summed E-state index contributed by atoms with van der Waals surface area (Å²) in [7, 11) is 3.78. The number of aliphatic imine (C=N–C) groups is 1. The first-order valence-electron chi connectivity index (χ1n) is 6.67. The molecule has 1 fully saturated rings. The van der Waals surface area contributed by atoms with Gasteiger partial charge in [-0.25, -0.2) is 10.0 Å². The van der Waals surface area contributed by atoms with Crippen molar-refractivity contribution in [3.63, 3.8) is 0 Å². The Hall–Kier alpha value is -1.84. The SMILES string of the molecule is CN1C(=Nc2ccc(Br)cc2)SC(c2ccc([N+](=O)[O-])o2)N1C. The molecule has 1 aromatic heterocycles. The molecule has 1 aromatic carbocycles. The molecule has 0 spiro atoms. The lowest BCUT2D eigenvalue weighted by Crippen LogP contribution is -2.33. The highest BCUT2D eigenvalue weighted by Gasteiger charge is 2.36. The lowest BCUT2D eigenvalue weighted by molar-refractivity contribution is -0.402. The summed E-state index contributed by atoms with van der Waals surface area (Å²) in [6.07, 6.45) is 0. The van der Waals surface area contributed by atoms with Crippen LogP contribution in [0, 0.1) is 10.1 Å². The third-order valence-electron chi connectivity index (χ3n) is 3.39. The molecule has 1 unspecified atom stereocenters. The van der Waals surface area contributed by atoms with Gasteiger partial charge in [0.15, 0.2) is 5.17 Å². The van der Waals surface area contributed by atoms with Gasteiger partial charge in [0, 0.05) is 18.6 Å². The maximum absolute atomic E-state index is 10.8. The van der Waals surface area contributed by atoms with E-state index in [2.05, 4.69) is 20.9 Å². The maximum atomic E-state index is 10.8. The summed E-state index contributed by atoms with van der Waals surface area (Å²) in [5.41, 5.74) is 0.835. The van der Waals surface area contributed by atoms with Crippen molar-refractivity contribution >= 4 is 44.4 Å². The Morgan fingerprint density at radius 2 is 1.96 bits per heavy atom. The van der Waals surface area contributed by atoms with Crippen LogP contribution >= 0.6 is 27.7 Å². The Balaban J connectivity index is 1.85. The van der Waals surface area contributed by atoms with E-state index in [4.69, 9.17) is 4.42 Å². The zero-order valence-electron chi connectivity index (χ0n) is 12.3. The summed E-state index contributed by atoms with van der Waals surface area (Å²) in [6.45, 7) is 0. The molecule has 0 radical (unpaired) electrons. The fourth-order valence-electron chi connectivity index (χ4n) is 2.08. The van der Waals surface area contributed by atoms with Crippen molar-refractivity contribution < 1.29 is 9.34 Å². The number of amidine groups is 1. The molecular formula is C14H13BrN4O3S. The highest BCUT2D eigenvalue weighted by atomic mass is 79.9. The summed E-state index contributed by atoms with van der Waals surface area (Å²) in [6, 6.07) is 10.7. The van der Waals surface area contributed by atoms with E-state index in [0.717, 1.165) is 15.3 Å². The van der Waals surface area contributed by atoms with Gasteiger partial charge in [-0.2, -0.15) is 0 Å². The van der Waals surface area contributed by atoms with Gasteiger partial charge in [-0.1, -0.05) is 27.7 Å². The summed E-state index contributed by atoms with van der Waals surface area (Å²) >= 11 is 4.87.